The van der Waals surface area contributed by atoms with Crippen LogP contribution in [0.3, 0.4) is 0 Å². The Morgan fingerprint density at radius 1 is 0.542 bits per heavy atom. The molecular formula is C59H115NO11S. The molecule has 6 N–H and O–H groups in total. The van der Waals surface area contributed by atoms with Crippen LogP contribution in [0.4, 0.5) is 0 Å². The maximum absolute atomic E-state index is 13.1. The third-order valence-electron chi connectivity index (χ3n) is 14.8. The highest BCUT2D eigenvalue weighted by Crippen LogP contribution is 2.26. The highest BCUT2D eigenvalue weighted by atomic mass is 32.3. The normalized spacial score (nSPS) is 19.3. The number of hydrogen-bond donors (Lipinski definition) is 6. The molecule has 0 saturated carbocycles. The zero-order valence-corrected chi connectivity index (χ0v) is 47.3. The molecule has 0 aromatic heterocycles. The number of ether oxygens (including phenoxy) is 2. The van der Waals surface area contributed by atoms with Crippen molar-refractivity contribution >= 4 is 16.3 Å². The second-order valence-corrected chi connectivity index (χ2v) is 22.7. The van der Waals surface area contributed by atoms with Gasteiger partial charge in [-0.1, -0.05) is 289 Å². The summed E-state index contributed by atoms with van der Waals surface area (Å²) in [5.74, 6) is -0.255. The Morgan fingerprint density at radius 2 is 0.875 bits per heavy atom. The summed E-state index contributed by atoms with van der Waals surface area (Å²) in [5, 5.41) is 45.0. The second-order valence-electron chi connectivity index (χ2n) is 21.7. The molecule has 0 aromatic rings. The first-order chi connectivity index (χ1) is 35.0. The van der Waals surface area contributed by atoms with E-state index in [4.69, 9.17) is 9.47 Å². The molecule has 1 heterocycles. The van der Waals surface area contributed by atoms with E-state index < -0.39 is 59.9 Å². The third kappa shape index (κ3) is 41.1. The van der Waals surface area contributed by atoms with Gasteiger partial charge in [0, 0.05) is 6.42 Å². The minimum atomic E-state index is -5.09. The number of carbonyl (C=O) groups excluding carboxylic acids is 1. The SMILES string of the molecule is CCCCCCCCCCCCCCC/C=C/C(O)C(COC1OC(CO)C(O)C(OS(=O)(=O)O)C1O)NC(=O)CCCCCCCCCCCCCCCCCCCCCCCCCCCCCCCC. The van der Waals surface area contributed by atoms with Gasteiger partial charge in [0.15, 0.2) is 6.29 Å². The molecule has 12 nitrogen and oxygen atoms in total. The largest absolute Gasteiger partial charge is 0.397 e. The van der Waals surface area contributed by atoms with Crippen molar-refractivity contribution in [3.05, 3.63) is 12.2 Å². The van der Waals surface area contributed by atoms with Crippen molar-refractivity contribution in [2.24, 2.45) is 0 Å². The zero-order chi connectivity index (χ0) is 52.6. The van der Waals surface area contributed by atoms with Crippen LogP contribution < -0.4 is 5.32 Å². The summed E-state index contributed by atoms with van der Waals surface area (Å²) in [6.07, 6.45) is 51.3. The first-order valence-corrected chi connectivity index (χ1v) is 31.9. The summed E-state index contributed by atoms with van der Waals surface area (Å²) in [7, 11) is -5.09. The van der Waals surface area contributed by atoms with E-state index in [1.165, 1.54) is 238 Å². The summed E-state index contributed by atoms with van der Waals surface area (Å²) in [6.45, 7) is 3.44. The van der Waals surface area contributed by atoms with Gasteiger partial charge in [0.1, 0.15) is 24.4 Å². The van der Waals surface area contributed by atoms with E-state index in [2.05, 4.69) is 23.3 Å². The highest BCUT2D eigenvalue weighted by Gasteiger charge is 2.48. The molecule has 13 heteroatoms. The molecule has 0 spiro atoms. The average Bonchev–Trinajstić information content (AvgIpc) is 3.36. The summed E-state index contributed by atoms with van der Waals surface area (Å²) >= 11 is 0. The van der Waals surface area contributed by atoms with Gasteiger partial charge in [0.25, 0.3) is 0 Å². The van der Waals surface area contributed by atoms with Crippen LogP contribution in [0.5, 0.6) is 0 Å². The summed E-state index contributed by atoms with van der Waals surface area (Å²) in [5.41, 5.74) is 0. The van der Waals surface area contributed by atoms with Gasteiger partial charge in [-0.25, -0.2) is 4.18 Å². The molecule has 7 atom stereocenters. The lowest BCUT2D eigenvalue weighted by atomic mass is 9.99. The number of amides is 1. The lowest BCUT2D eigenvalue weighted by molar-refractivity contribution is -0.298. The van der Waals surface area contributed by atoms with Gasteiger partial charge in [0.05, 0.1) is 25.4 Å². The zero-order valence-electron chi connectivity index (χ0n) is 46.5. The molecular weight excluding hydrogens is 931 g/mol. The quantitative estimate of drug-likeness (QED) is 0.0193. The number of nitrogens with one attached hydrogen (secondary N) is 1. The fraction of sp³-hybridized carbons (Fsp3) is 0.949. The number of carbonyl (C=O) groups is 1. The Balaban J connectivity index is 2.25. The molecule has 1 aliphatic heterocycles. The van der Waals surface area contributed by atoms with E-state index in [9.17, 15) is 38.2 Å². The molecule has 1 aliphatic rings. The van der Waals surface area contributed by atoms with E-state index in [0.717, 1.165) is 38.5 Å². The highest BCUT2D eigenvalue weighted by molar-refractivity contribution is 7.80. The molecule has 7 unspecified atom stereocenters. The molecule has 0 aromatic carbocycles. The lowest BCUT2D eigenvalue weighted by Crippen LogP contribution is -2.61. The predicted molar refractivity (Wildman–Crippen MR) is 296 cm³/mol. The van der Waals surface area contributed by atoms with Crippen molar-refractivity contribution in [1.29, 1.82) is 0 Å². The van der Waals surface area contributed by atoms with Crippen LogP contribution in [0.1, 0.15) is 303 Å². The number of hydrogen-bond acceptors (Lipinski definition) is 10. The molecule has 72 heavy (non-hydrogen) atoms. The van der Waals surface area contributed by atoms with E-state index >= 15 is 0 Å². The first-order valence-electron chi connectivity index (χ1n) is 30.6. The lowest BCUT2D eigenvalue weighted by Gasteiger charge is -2.41. The first kappa shape index (κ1) is 68.9. The van der Waals surface area contributed by atoms with Gasteiger partial charge in [-0.15, -0.1) is 0 Å². The van der Waals surface area contributed by atoms with Crippen LogP contribution in [-0.2, 0) is 28.9 Å². The van der Waals surface area contributed by atoms with Crippen molar-refractivity contribution in [2.75, 3.05) is 13.2 Å². The Hall–Kier alpha value is -1.16. The van der Waals surface area contributed by atoms with Gasteiger partial charge >= 0.3 is 10.4 Å². The molecule has 0 radical (unpaired) electrons. The van der Waals surface area contributed by atoms with Crippen LogP contribution >= 0.6 is 0 Å². The molecule has 1 amide bonds. The second kappa shape index (κ2) is 49.4. The Labute approximate surface area is 442 Å². The van der Waals surface area contributed by atoms with Crippen molar-refractivity contribution in [3.8, 4) is 0 Å². The van der Waals surface area contributed by atoms with Crippen LogP contribution in [-0.4, -0.2) is 95.4 Å². The molecule has 0 aliphatic carbocycles. The number of unbranched alkanes of at least 4 members (excludes halogenated alkanes) is 42. The third-order valence-corrected chi connectivity index (χ3v) is 15.3. The van der Waals surface area contributed by atoms with Crippen LogP contribution in [0.25, 0.3) is 0 Å². The number of allylic oxidation sites excluding steroid dienone is 1. The molecule has 1 rings (SSSR count). The minimum Gasteiger partial charge on any atom is -0.394 e. The molecule has 1 fully saturated rings. The van der Waals surface area contributed by atoms with E-state index in [0.29, 0.717) is 6.42 Å². The number of aliphatic hydroxyl groups excluding tert-OH is 4. The molecule has 0 bridgehead atoms. The van der Waals surface area contributed by atoms with E-state index in [1.54, 1.807) is 6.08 Å². The van der Waals surface area contributed by atoms with Crippen LogP contribution in [0.2, 0.25) is 0 Å². The minimum absolute atomic E-state index is 0.255. The van der Waals surface area contributed by atoms with Crippen molar-refractivity contribution < 1.29 is 51.8 Å². The predicted octanol–water partition coefficient (Wildman–Crippen LogP) is 14.6. The van der Waals surface area contributed by atoms with Crippen LogP contribution in [0, 0.1) is 0 Å². The van der Waals surface area contributed by atoms with Gasteiger partial charge in [-0.05, 0) is 19.3 Å². The fourth-order valence-corrected chi connectivity index (χ4v) is 10.6. The fourth-order valence-electron chi connectivity index (χ4n) is 10.1. The van der Waals surface area contributed by atoms with E-state index in [1.807, 2.05) is 6.08 Å². The topological polar surface area (TPSA) is 192 Å². The molecule has 428 valence electrons. The Bertz CT molecular complexity index is 1320. The van der Waals surface area contributed by atoms with Gasteiger partial charge in [-0.2, -0.15) is 8.42 Å². The number of rotatable bonds is 54. The van der Waals surface area contributed by atoms with Gasteiger partial charge < -0.3 is 35.2 Å². The smallest absolute Gasteiger partial charge is 0.394 e. The number of aliphatic hydroxyl groups is 4. The Morgan fingerprint density at radius 3 is 1.21 bits per heavy atom. The summed E-state index contributed by atoms with van der Waals surface area (Å²) in [6, 6.07) is -0.940. The standard InChI is InChI=1S/C59H115NO11S/c1-3-5-7-9-11-13-15-17-19-20-21-22-23-24-25-26-27-28-29-30-31-32-33-35-37-39-41-43-45-47-49-55(63)60-52(51-69-59-57(65)58(71-72(66,67)68)56(64)54(50-61)70-59)53(62)48-46-44-42-40-38-36-34-18-16-14-12-10-8-6-4-2/h46,48,52-54,56-59,61-62,64-65H,3-45,47,49-51H2,1-2H3,(H,60,63)(H,66,67,68)/b48-46+. The van der Waals surface area contributed by atoms with Gasteiger partial charge in [-0.3, -0.25) is 9.35 Å². The Kier molecular flexibility index (Phi) is 47.3. The summed E-state index contributed by atoms with van der Waals surface area (Å²) < 4.78 is 47.8. The maximum Gasteiger partial charge on any atom is 0.397 e. The van der Waals surface area contributed by atoms with Gasteiger partial charge in [0.2, 0.25) is 5.91 Å². The van der Waals surface area contributed by atoms with Crippen molar-refractivity contribution in [2.45, 2.75) is 346 Å². The van der Waals surface area contributed by atoms with E-state index in [-0.39, 0.29) is 18.9 Å². The summed E-state index contributed by atoms with van der Waals surface area (Å²) in [4.78, 5) is 13.1. The van der Waals surface area contributed by atoms with Crippen molar-refractivity contribution in [3.63, 3.8) is 0 Å². The van der Waals surface area contributed by atoms with Crippen molar-refractivity contribution in [1.82, 2.24) is 5.32 Å². The molecule has 1 saturated heterocycles. The maximum atomic E-state index is 13.1. The average molecular weight is 1050 g/mol. The van der Waals surface area contributed by atoms with Crippen LogP contribution in [0.15, 0.2) is 12.2 Å². The monoisotopic (exact) mass is 1050 g/mol.